The number of hydrogen-bond acceptors (Lipinski definition) is 3. The van der Waals surface area contributed by atoms with E-state index in [9.17, 15) is 9.59 Å². The zero-order valence-electron chi connectivity index (χ0n) is 11.3. The van der Waals surface area contributed by atoms with E-state index in [-0.39, 0.29) is 23.8 Å². The highest BCUT2D eigenvalue weighted by atomic mass is 16.5. The van der Waals surface area contributed by atoms with E-state index in [0.29, 0.717) is 31.8 Å². The Labute approximate surface area is 108 Å². The Morgan fingerprint density at radius 3 is 2.39 bits per heavy atom. The molecule has 0 aromatic heterocycles. The number of aliphatic carboxylic acids is 1. The van der Waals surface area contributed by atoms with E-state index in [1.54, 1.807) is 7.11 Å². The minimum atomic E-state index is -0.789. The molecule has 1 saturated carbocycles. The fourth-order valence-electron chi connectivity index (χ4n) is 2.32. The summed E-state index contributed by atoms with van der Waals surface area (Å²) in [4.78, 5) is 22.9. The quantitative estimate of drug-likeness (QED) is 0.751. The largest absolute Gasteiger partial charge is 0.481 e. The molecule has 0 aliphatic heterocycles. The van der Waals surface area contributed by atoms with Crippen LogP contribution in [-0.2, 0) is 14.3 Å². The number of amides is 1. The van der Waals surface area contributed by atoms with Gasteiger partial charge < -0.3 is 15.2 Å². The van der Waals surface area contributed by atoms with Crippen molar-refractivity contribution >= 4 is 11.9 Å². The minimum Gasteiger partial charge on any atom is -0.481 e. The topological polar surface area (TPSA) is 75.6 Å². The summed E-state index contributed by atoms with van der Waals surface area (Å²) in [5.74, 6) is -1.05. The summed E-state index contributed by atoms with van der Waals surface area (Å²) in [5.41, 5.74) is 0. The van der Waals surface area contributed by atoms with Crippen molar-refractivity contribution in [3.8, 4) is 0 Å². The maximum atomic E-state index is 12.0. The van der Waals surface area contributed by atoms with Gasteiger partial charge in [-0.1, -0.05) is 13.8 Å². The SMILES string of the molecule is COCC(NC(=O)[C@@H]1CC[C@H](C(=O)O)C1)C(C)C. The molecule has 2 N–H and O–H groups in total. The Hall–Kier alpha value is -1.10. The second-order valence-electron chi connectivity index (χ2n) is 5.36. The van der Waals surface area contributed by atoms with Crippen LogP contribution < -0.4 is 5.32 Å². The molecule has 0 bridgehead atoms. The van der Waals surface area contributed by atoms with Crippen molar-refractivity contribution in [2.45, 2.75) is 39.2 Å². The number of carbonyl (C=O) groups is 2. The van der Waals surface area contributed by atoms with Gasteiger partial charge in [0.25, 0.3) is 0 Å². The second-order valence-corrected chi connectivity index (χ2v) is 5.36. The molecule has 1 fully saturated rings. The Balaban J connectivity index is 2.47. The summed E-state index contributed by atoms with van der Waals surface area (Å²) in [5, 5.41) is 11.9. The lowest BCUT2D eigenvalue weighted by atomic mass is 10.0. The molecule has 0 spiro atoms. The molecule has 104 valence electrons. The fourth-order valence-corrected chi connectivity index (χ4v) is 2.32. The Morgan fingerprint density at radius 1 is 1.33 bits per heavy atom. The van der Waals surface area contributed by atoms with Gasteiger partial charge in [-0.2, -0.15) is 0 Å². The van der Waals surface area contributed by atoms with Gasteiger partial charge in [0.05, 0.1) is 18.6 Å². The first kappa shape index (κ1) is 15.0. The highest BCUT2D eigenvalue weighted by molar-refractivity contribution is 5.81. The summed E-state index contributed by atoms with van der Waals surface area (Å²) in [7, 11) is 1.61. The molecule has 1 unspecified atom stereocenters. The fraction of sp³-hybridized carbons (Fsp3) is 0.846. The van der Waals surface area contributed by atoms with Crippen LogP contribution in [0.15, 0.2) is 0 Å². The van der Waals surface area contributed by atoms with Crippen LogP contribution in [0.1, 0.15) is 33.1 Å². The van der Waals surface area contributed by atoms with Crippen molar-refractivity contribution in [2.24, 2.45) is 17.8 Å². The summed E-state index contributed by atoms with van der Waals surface area (Å²) in [6, 6.07) is -0.00798. The molecule has 0 radical (unpaired) electrons. The van der Waals surface area contributed by atoms with E-state index < -0.39 is 5.97 Å². The zero-order chi connectivity index (χ0) is 13.7. The van der Waals surface area contributed by atoms with Gasteiger partial charge in [0.15, 0.2) is 0 Å². The first-order valence-corrected chi connectivity index (χ1v) is 6.47. The molecule has 3 atom stereocenters. The molecule has 5 nitrogen and oxygen atoms in total. The van der Waals surface area contributed by atoms with Gasteiger partial charge in [0, 0.05) is 13.0 Å². The number of nitrogens with one attached hydrogen (secondary N) is 1. The molecule has 1 rings (SSSR count). The first-order valence-electron chi connectivity index (χ1n) is 6.47. The molecule has 0 heterocycles. The normalized spacial score (nSPS) is 25.1. The average Bonchev–Trinajstić information content (AvgIpc) is 2.77. The lowest BCUT2D eigenvalue weighted by Crippen LogP contribution is -2.44. The monoisotopic (exact) mass is 257 g/mol. The molecule has 5 heteroatoms. The molecule has 18 heavy (non-hydrogen) atoms. The molecule has 0 aromatic rings. The van der Waals surface area contributed by atoms with Gasteiger partial charge in [-0.05, 0) is 25.2 Å². The third-order valence-electron chi connectivity index (χ3n) is 3.63. The zero-order valence-corrected chi connectivity index (χ0v) is 11.3. The van der Waals surface area contributed by atoms with Crippen molar-refractivity contribution in [2.75, 3.05) is 13.7 Å². The van der Waals surface area contributed by atoms with E-state index in [0.717, 1.165) is 0 Å². The Kier molecular flexibility index (Phi) is 5.59. The molecule has 0 saturated heterocycles. The van der Waals surface area contributed by atoms with Crippen molar-refractivity contribution in [1.29, 1.82) is 0 Å². The van der Waals surface area contributed by atoms with E-state index in [1.165, 1.54) is 0 Å². The smallest absolute Gasteiger partial charge is 0.306 e. The van der Waals surface area contributed by atoms with Crippen molar-refractivity contribution in [3.63, 3.8) is 0 Å². The van der Waals surface area contributed by atoms with Gasteiger partial charge in [-0.3, -0.25) is 9.59 Å². The summed E-state index contributed by atoms with van der Waals surface area (Å²) >= 11 is 0. The van der Waals surface area contributed by atoms with Crippen molar-refractivity contribution in [3.05, 3.63) is 0 Å². The van der Waals surface area contributed by atoms with Crippen LogP contribution >= 0.6 is 0 Å². The van der Waals surface area contributed by atoms with Crippen LogP contribution in [0, 0.1) is 17.8 Å². The highest BCUT2D eigenvalue weighted by Gasteiger charge is 2.34. The molecular weight excluding hydrogens is 234 g/mol. The average molecular weight is 257 g/mol. The third kappa shape index (κ3) is 3.98. The standard InChI is InChI=1S/C13H23NO4/c1-8(2)11(7-18-3)14-12(15)9-4-5-10(6-9)13(16)17/h8-11H,4-7H2,1-3H3,(H,14,15)(H,16,17)/t9-,10+,11?/m1/s1. The van der Waals surface area contributed by atoms with E-state index in [1.807, 2.05) is 13.8 Å². The van der Waals surface area contributed by atoms with E-state index in [2.05, 4.69) is 5.32 Å². The van der Waals surface area contributed by atoms with Crippen molar-refractivity contribution in [1.82, 2.24) is 5.32 Å². The van der Waals surface area contributed by atoms with Crippen LogP contribution in [-0.4, -0.2) is 36.7 Å². The number of carboxylic acids is 1. The maximum absolute atomic E-state index is 12.0. The van der Waals surface area contributed by atoms with Crippen LogP contribution in [0.3, 0.4) is 0 Å². The number of ether oxygens (including phenoxy) is 1. The molecule has 1 aliphatic rings. The number of carbonyl (C=O) groups excluding carboxylic acids is 1. The molecule has 1 amide bonds. The van der Waals surface area contributed by atoms with E-state index in [4.69, 9.17) is 9.84 Å². The molecule has 1 aliphatic carbocycles. The van der Waals surface area contributed by atoms with Gasteiger partial charge in [0.1, 0.15) is 0 Å². The van der Waals surface area contributed by atoms with Crippen LogP contribution in [0.25, 0.3) is 0 Å². The van der Waals surface area contributed by atoms with Gasteiger partial charge in [-0.15, -0.1) is 0 Å². The number of rotatable bonds is 6. The van der Waals surface area contributed by atoms with Crippen LogP contribution in [0.4, 0.5) is 0 Å². The Bertz CT molecular complexity index is 303. The predicted octanol–water partition coefficient (Wildman–Crippen LogP) is 1.27. The van der Waals surface area contributed by atoms with Gasteiger partial charge in [0.2, 0.25) is 5.91 Å². The Morgan fingerprint density at radius 2 is 1.94 bits per heavy atom. The number of carboxylic acid groups (broad SMARTS) is 1. The van der Waals surface area contributed by atoms with Gasteiger partial charge in [-0.25, -0.2) is 0 Å². The minimum absolute atomic E-state index is 0.00798. The second kappa shape index (κ2) is 6.73. The molecule has 0 aromatic carbocycles. The molecular formula is C13H23NO4. The van der Waals surface area contributed by atoms with Crippen LogP contribution in [0.2, 0.25) is 0 Å². The van der Waals surface area contributed by atoms with Crippen molar-refractivity contribution < 1.29 is 19.4 Å². The van der Waals surface area contributed by atoms with E-state index >= 15 is 0 Å². The number of hydrogen-bond donors (Lipinski definition) is 2. The van der Waals surface area contributed by atoms with Gasteiger partial charge >= 0.3 is 5.97 Å². The lowest BCUT2D eigenvalue weighted by molar-refractivity contribution is -0.141. The summed E-state index contributed by atoms with van der Waals surface area (Å²) in [6.45, 7) is 4.54. The number of methoxy groups -OCH3 is 1. The predicted molar refractivity (Wildman–Crippen MR) is 67.1 cm³/mol. The maximum Gasteiger partial charge on any atom is 0.306 e. The lowest BCUT2D eigenvalue weighted by Gasteiger charge is -2.23. The summed E-state index contributed by atoms with van der Waals surface area (Å²) < 4.78 is 5.08. The van der Waals surface area contributed by atoms with Crippen LogP contribution in [0.5, 0.6) is 0 Å². The summed E-state index contributed by atoms with van der Waals surface area (Å²) in [6.07, 6.45) is 1.73. The first-order chi connectivity index (χ1) is 8.45. The highest BCUT2D eigenvalue weighted by Crippen LogP contribution is 2.31. The third-order valence-corrected chi connectivity index (χ3v) is 3.63.